The molecule has 2 heterocycles. The van der Waals surface area contributed by atoms with Crippen molar-refractivity contribution in [3.8, 4) is 11.3 Å². The molecule has 1 aliphatic heterocycles. The van der Waals surface area contributed by atoms with Crippen molar-refractivity contribution in [3.05, 3.63) is 174 Å². The highest BCUT2D eigenvalue weighted by molar-refractivity contribution is 7.99. The summed E-state index contributed by atoms with van der Waals surface area (Å²) >= 11 is 1.50. The number of halogens is 3. The highest BCUT2D eigenvalue weighted by Gasteiger charge is 2.49. The van der Waals surface area contributed by atoms with Crippen molar-refractivity contribution < 1.29 is 32.1 Å². The molecule has 6 aromatic rings. The van der Waals surface area contributed by atoms with Gasteiger partial charge in [0, 0.05) is 10.5 Å². The van der Waals surface area contributed by atoms with Crippen LogP contribution < -0.4 is 0 Å². The van der Waals surface area contributed by atoms with Crippen molar-refractivity contribution in [2.75, 3.05) is 6.61 Å². The number of nitrogens with zero attached hydrogens (tertiary/aromatic N) is 3. The molecule has 3 unspecified atom stereocenters. The molecule has 0 spiro atoms. The van der Waals surface area contributed by atoms with E-state index in [2.05, 4.69) is 10.3 Å². The fraction of sp³-hybridized carbons (Fsp3) is 0.220. The Kier molecular flexibility index (Phi) is 11.8. The summed E-state index contributed by atoms with van der Waals surface area (Å²) in [6, 6.07) is 40.4. The average Bonchev–Trinajstić information content (AvgIpc) is 3.67. The van der Waals surface area contributed by atoms with Crippen LogP contribution in [-0.2, 0) is 38.8 Å². The van der Waals surface area contributed by atoms with E-state index in [0.29, 0.717) is 6.61 Å². The van der Waals surface area contributed by atoms with E-state index in [-0.39, 0.29) is 31.1 Å². The Morgan fingerprint density at radius 3 is 1.75 bits per heavy atom. The zero-order valence-electron chi connectivity index (χ0n) is 28.0. The first-order valence-corrected chi connectivity index (χ1v) is 17.8. The monoisotopic (exact) mass is 723 g/mol. The molecule has 11 heteroatoms. The summed E-state index contributed by atoms with van der Waals surface area (Å²) in [5, 5.41) is 8.76. The second-order valence-electron chi connectivity index (χ2n) is 12.3. The number of ether oxygens (including phenoxy) is 4. The average molecular weight is 724 g/mol. The molecule has 5 atom stereocenters. The molecule has 0 radical (unpaired) electrons. The van der Waals surface area contributed by atoms with Crippen LogP contribution in [0.4, 0.5) is 13.2 Å². The SMILES string of the molecule is Fc1cc(-c2cn(C3C(OCc4ccccc4)[C@H](Sc4ccccc4)OC(COCc4ccccc4)[C@@H]3OCc3ccccc3)nn2)cc(F)c1F. The minimum Gasteiger partial charge on any atom is -0.374 e. The van der Waals surface area contributed by atoms with Crippen molar-refractivity contribution in [1.29, 1.82) is 0 Å². The molecule has 0 bridgehead atoms. The van der Waals surface area contributed by atoms with Gasteiger partial charge in [-0.25, -0.2) is 17.9 Å². The molecule has 1 fully saturated rings. The van der Waals surface area contributed by atoms with Crippen molar-refractivity contribution >= 4 is 11.8 Å². The molecular formula is C41H36F3N3O4S. The Morgan fingerprint density at radius 1 is 0.654 bits per heavy atom. The number of benzene rings is 5. The summed E-state index contributed by atoms with van der Waals surface area (Å²) in [5.74, 6) is -4.19. The number of hydrogen-bond acceptors (Lipinski definition) is 7. The van der Waals surface area contributed by atoms with Crippen molar-refractivity contribution in [2.45, 2.75) is 54.5 Å². The normalized spacial score (nSPS) is 20.2. The quantitative estimate of drug-likeness (QED) is 0.104. The molecule has 7 rings (SSSR count). The van der Waals surface area contributed by atoms with E-state index in [0.717, 1.165) is 33.7 Å². The molecule has 1 saturated heterocycles. The summed E-state index contributed by atoms with van der Waals surface area (Å²) in [7, 11) is 0. The minimum atomic E-state index is -1.55. The van der Waals surface area contributed by atoms with Gasteiger partial charge in [-0.15, -0.1) is 5.10 Å². The largest absolute Gasteiger partial charge is 0.374 e. The molecule has 5 aromatic carbocycles. The summed E-state index contributed by atoms with van der Waals surface area (Å²) in [5.41, 5.74) is 2.52. The number of aromatic nitrogens is 3. The fourth-order valence-corrected chi connectivity index (χ4v) is 7.25. The van der Waals surface area contributed by atoms with Gasteiger partial charge >= 0.3 is 0 Å². The van der Waals surface area contributed by atoms with Crippen LogP contribution in [0.25, 0.3) is 11.3 Å². The zero-order chi connectivity index (χ0) is 35.7. The van der Waals surface area contributed by atoms with Crippen LogP contribution in [0, 0.1) is 17.5 Å². The molecular weight excluding hydrogens is 688 g/mol. The number of hydrogen-bond donors (Lipinski definition) is 0. The predicted molar refractivity (Wildman–Crippen MR) is 191 cm³/mol. The highest BCUT2D eigenvalue weighted by atomic mass is 32.2. The van der Waals surface area contributed by atoms with E-state index in [1.165, 1.54) is 11.8 Å². The van der Waals surface area contributed by atoms with Crippen LogP contribution in [0.1, 0.15) is 22.7 Å². The van der Waals surface area contributed by atoms with Gasteiger partial charge in [0.1, 0.15) is 35.5 Å². The van der Waals surface area contributed by atoms with Crippen molar-refractivity contribution in [3.63, 3.8) is 0 Å². The van der Waals surface area contributed by atoms with Gasteiger partial charge in [-0.1, -0.05) is 126 Å². The van der Waals surface area contributed by atoms with Crippen LogP contribution in [-0.4, -0.2) is 45.3 Å². The third kappa shape index (κ3) is 8.80. The van der Waals surface area contributed by atoms with Crippen LogP contribution in [0.2, 0.25) is 0 Å². The van der Waals surface area contributed by atoms with Gasteiger partial charge in [-0.3, -0.25) is 0 Å². The first-order valence-electron chi connectivity index (χ1n) is 16.9. The Balaban J connectivity index is 1.29. The lowest BCUT2D eigenvalue weighted by atomic mass is 9.96. The molecule has 1 aliphatic rings. The molecule has 52 heavy (non-hydrogen) atoms. The summed E-state index contributed by atoms with van der Waals surface area (Å²) < 4.78 is 70.9. The highest BCUT2D eigenvalue weighted by Crippen LogP contribution is 2.42. The number of rotatable bonds is 14. The minimum absolute atomic E-state index is 0.0381. The van der Waals surface area contributed by atoms with E-state index in [4.69, 9.17) is 18.9 Å². The maximum Gasteiger partial charge on any atom is 0.194 e. The van der Waals surface area contributed by atoms with Crippen molar-refractivity contribution in [2.24, 2.45) is 0 Å². The molecule has 0 N–H and O–H groups in total. The van der Waals surface area contributed by atoms with E-state index in [1.54, 1.807) is 10.9 Å². The Morgan fingerprint density at radius 2 is 1.17 bits per heavy atom. The van der Waals surface area contributed by atoms with Gasteiger partial charge in [0.25, 0.3) is 0 Å². The molecule has 0 amide bonds. The smallest absolute Gasteiger partial charge is 0.194 e. The lowest BCUT2D eigenvalue weighted by Crippen LogP contribution is -2.57. The van der Waals surface area contributed by atoms with Gasteiger partial charge in [-0.05, 0) is 41.0 Å². The molecule has 7 nitrogen and oxygen atoms in total. The van der Waals surface area contributed by atoms with E-state index >= 15 is 0 Å². The summed E-state index contributed by atoms with van der Waals surface area (Å²) in [4.78, 5) is 0.962. The number of thioether (sulfide) groups is 1. The first kappa shape index (κ1) is 35.6. The van der Waals surface area contributed by atoms with E-state index in [1.807, 2.05) is 121 Å². The third-order valence-corrected chi connectivity index (χ3v) is 9.83. The molecule has 0 aliphatic carbocycles. The van der Waals surface area contributed by atoms with Gasteiger partial charge in [0.05, 0.1) is 32.6 Å². The Bertz CT molecular complexity index is 1990. The standard InChI is InChI=1S/C41H36F3N3O4S/c42-33-21-31(22-34(43)37(33)44)35-23-47(46-45-35)38-39(49-25-29-15-7-2-8-16-29)36(27-48-24-28-13-5-1-6-14-28)51-41(52-32-19-11-4-12-20-32)40(38)50-26-30-17-9-3-10-18-30/h1-23,36,38-41H,24-27H2/t36?,38?,39-,40?,41-/m0/s1. The van der Waals surface area contributed by atoms with Crippen LogP contribution in [0.3, 0.4) is 0 Å². The molecule has 1 aromatic heterocycles. The van der Waals surface area contributed by atoms with Gasteiger partial charge < -0.3 is 18.9 Å². The molecule has 0 saturated carbocycles. The fourth-order valence-electron chi connectivity index (χ4n) is 6.10. The van der Waals surface area contributed by atoms with Gasteiger partial charge in [-0.2, -0.15) is 0 Å². The van der Waals surface area contributed by atoms with Gasteiger partial charge in [0.2, 0.25) is 0 Å². The predicted octanol–water partition coefficient (Wildman–Crippen LogP) is 8.81. The second kappa shape index (κ2) is 17.2. The maximum absolute atomic E-state index is 14.3. The third-order valence-electron chi connectivity index (χ3n) is 8.67. The first-order chi connectivity index (χ1) is 25.5. The van der Waals surface area contributed by atoms with E-state index in [9.17, 15) is 13.2 Å². The Hall–Kier alpha value is -4.78. The zero-order valence-corrected chi connectivity index (χ0v) is 28.8. The topological polar surface area (TPSA) is 67.6 Å². The lowest BCUT2D eigenvalue weighted by Gasteiger charge is -2.46. The maximum atomic E-state index is 14.3. The van der Waals surface area contributed by atoms with Crippen molar-refractivity contribution in [1.82, 2.24) is 15.0 Å². The van der Waals surface area contributed by atoms with Gasteiger partial charge in [0.15, 0.2) is 17.5 Å². The van der Waals surface area contributed by atoms with Crippen LogP contribution in [0.5, 0.6) is 0 Å². The molecule has 266 valence electrons. The van der Waals surface area contributed by atoms with Crippen LogP contribution >= 0.6 is 11.8 Å². The Labute approximate surface area is 304 Å². The van der Waals surface area contributed by atoms with Crippen LogP contribution in [0.15, 0.2) is 145 Å². The lowest BCUT2D eigenvalue weighted by molar-refractivity contribution is -0.217. The summed E-state index contributed by atoms with van der Waals surface area (Å²) in [6.07, 6.45) is -0.400. The summed E-state index contributed by atoms with van der Waals surface area (Å²) in [6.45, 7) is 1.04. The second-order valence-corrected chi connectivity index (χ2v) is 13.5. The van der Waals surface area contributed by atoms with E-state index < -0.39 is 47.2 Å².